The molecule has 0 spiro atoms. The third-order valence-corrected chi connectivity index (χ3v) is 3.01. The van der Waals surface area contributed by atoms with Crippen LogP contribution in [0.3, 0.4) is 0 Å². The van der Waals surface area contributed by atoms with Crippen LogP contribution in [0.4, 0.5) is 0 Å². The van der Waals surface area contributed by atoms with E-state index in [0.29, 0.717) is 11.3 Å². The topological polar surface area (TPSA) is 110 Å². The maximum Gasteiger partial charge on any atom is 0.343 e. The van der Waals surface area contributed by atoms with Crippen molar-refractivity contribution in [3.63, 3.8) is 0 Å². The number of carbonyl (C=O) groups is 2. The Bertz CT molecular complexity index is 664. The first-order valence-corrected chi connectivity index (χ1v) is 6.54. The molecule has 0 bridgehead atoms. The number of esters is 1. The Balaban J connectivity index is 2.00. The molecule has 6 nitrogen and oxygen atoms in total. The quantitative estimate of drug-likeness (QED) is 0.571. The summed E-state index contributed by atoms with van der Waals surface area (Å²) < 4.78 is 5.18. The maximum atomic E-state index is 11.9. The number of carboxylic acids is 1. The molecular formula is C16H15NO5. The number of phenolic OH excluding ortho intramolecular Hbond substituents is 1. The van der Waals surface area contributed by atoms with Crippen molar-refractivity contribution >= 4 is 11.9 Å². The van der Waals surface area contributed by atoms with E-state index in [1.54, 1.807) is 24.3 Å². The lowest BCUT2D eigenvalue weighted by Crippen LogP contribution is -2.32. The van der Waals surface area contributed by atoms with Crippen LogP contribution in [0.5, 0.6) is 11.5 Å². The highest BCUT2D eigenvalue weighted by Gasteiger charge is 2.12. The minimum atomic E-state index is -1.07. The molecule has 0 aliphatic carbocycles. The molecule has 2 aromatic carbocycles. The number of hydrogen-bond donors (Lipinski definition) is 3. The molecule has 6 heteroatoms. The van der Waals surface area contributed by atoms with Gasteiger partial charge < -0.3 is 20.7 Å². The number of benzene rings is 2. The van der Waals surface area contributed by atoms with Gasteiger partial charge in [0.25, 0.3) is 0 Å². The van der Waals surface area contributed by atoms with E-state index in [1.165, 1.54) is 24.3 Å². The molecule has 0 fully saturated rings. The zero-order valence-corrected chi connectivity index (χ0v) is 11.6. The second kappa shape index (κ2) is 6.73. The van der Waals surface area contributed by atoms with E-state index in [1.807, 2.05) is 0 Å². The van der Waals surface area contributed by atoms with Gasteiger partial charge in [-0.05, 0) is 48.4 Å². The fourth-order valence-corrected chi connectivity index (χ4v) is 1.80. The number of hydrogen-bond acceptors (Lipinski definition) is 5. The van der Waals surface area contributed by atoms with Gasteiger partial charge in [0.15, 0.2) is 0 Å². The molecule has 0 radical (unpaired) electrons. The molecule has 0 heterocycles. The van der Waals surface area contributed by atoms with Crippen LogP contribution >= 0.6 is 0 Å². The fourth-order valence-electron chi connectivity index (χ4n) is 1.80. The second-order valence-corrected chi connectivity index (χ2v) is 4.73. The Morgan fingerprint density at radius 2 is 1.64 bits per heavy atom. The highest BCUT2D eigenvalue weighted by molar-refractivity contribution is 5.91. The van der Waals surface area contributed by atoms with E-state index in [9.17, 15) is 9.59 Å². The Morgan fingerprint density at radius 3 is 2.18 bits per heavy atom. The molecule has 2 rings (SSSR count). The zero-order chi connectivity index (χ0) is 16.1. The molecule has 4 N–H and O–H groups in total. The fraction of sp³-hybridized carbons (Fsp3) is 0.125. The van der Waals surface area contributed by atoms with Crippen LogP contribution in [0.1, 0.15) is 15.9 Å². The Kier molecular flexibility index (Phi) is 4.75. The highest BCUT2D eigenvalue weighted by atomic mass is 16.5. The summed E-state index contributed by atoms with van der Waals surface area (Å²) in [6.07, 6.45) is 0.196. The van der Waals surface area contributed by atoms with Crippen LogP contribution < -0.4 is 10.5 Å². The number of carboxylic acid groups (broad SMARTS) is 1. The molecule has 114 valence electrons. The van der Waals surface area contributed by atoms with Gasteiger partial charge in [0.2, 0.25) is 0 Å². The number of aliphatic carboxylic acids is 1. The average molecular weight is 301 g/mol. The molecule has 1 atom stereocenters. The van der Waals surface area contributed by atoms with E-state index in [0.717, 1.165) is 5.56 Å². The van der Waals surface area contributed by atoms with Gasteiger partial charge in [-0.1, -0.05) is 12.1 Å². The molecular weight excluding hydrogens is 286 g/mol. The first-order chi connectivity index (χ1) is 10.5. The number of phenols is 1. The van der Waals surface area contributed by atoms with Crippen molar-refractivity contribution in [1.29, 1.82) is 0 Å². The predicted octanol–water partition coefficient (Wildman–Crippen LogP) is 1.57. The van der Waals surface area contributed by atoms with Gasteiger partial charge >= 0.3 is 11.9 Å². The Hall–Kier alpha value is -2.86. The minimum Gasteiger partial charge on any atom is -0.508 e. The zero-order valence-electron chi connectivity index (χ0n) is 11.6. The number of carbonyl (C=O) groups excluding carboxylic acids is 1. The lowest BCUT2D eigenvalue weighted by Gasteiger charge is -2.08. The normalized spacial score (nSPS) is 11.7. The highest BCUT2D eigenvalue weighted by Crippen LogP contribution is 2.16. The first-order valence-electron chi connectivity index (χ1n) is 6.54. The van der Waals surface area contributed by atoms with Crippen molar-refractivity contribution in [3.8, 4) is 11.5 Å². The molecule has 0 saturated heterocycles. The van der Waals surface area contributed by atoms with Gasteiger partial charge in [0.05, 0.1) is 5.56 Å². The van der Waals surface area contributed by atoms with Gasteiger partial charge in [-0.25, -0.2) is 4.79 Å². The molecule has 22 heavy (non-hydrogen) atoms. The molecule has 0 aliphatic heterocycles. The third-order valence-electron chi connectivity index (χ3n) is 3.01. The summed E-state index contributed by atoms with van der Waals surface area (Å²) in [5.74, 6) is -1.21. The number of rotatable bonds is 5. The maximum absolute atomic E-state index is 11.9. The van der Waals surface area contributed by atoms with E-state index in [-0.39, 0.29) is 12.2 Å². The van der Waals surface area contributed by atoms with Crippen molar-refractivity contribution in [1.82, 2.24) is 0 Å². The smallest absolute Gasteiger partial charge is 0.343 e. The van der Waals surface area contributed by atoms with Gasteiger partial charge in [-0.15, -0.1) is 0 Å². The van der Waals surface area contributed by atoms with Crippen LogP contribution in [0.25, 0.3) is 0 Å². The van der Waals surface area contributed by atoms with Gasteiger partial charge in [-0.2, -0.15) is 0 Å². The van der Waals surface area contributed by atoms with Crippen LogP contribution in [0.15, 0.2) is 48.5 Å². The van der Waals surface area contributed by atoms with Gasteiger partial charge in [0.1, 0.15) is 17.5 Å². The number of nitrogens with two attached hydrogens (primary N) is 1. The lowest BCUT2D eigenvalue weighted by atomic mass is 10.1. The van der Waals surface area contributed by atoms with Crippen molar-refractivity contribution < 1.29 is 24.5 Å². The summed E-state index contributed by atoms with van der Waals surface area (Å²) in [4.78, 5) is 22.6. The van der Waals surface area contributed by atoms with Crippen LogP contribution in [0, 0.1) is 0 Å². The summed E-state index contributed by atoms with van der Waals surface area (Å²) in [6.45, 7) is 0. The third kappa shape index (κ3) is 4.07. The van der Waals surface area contributed by atoms with E-state index in [4.69, 9.17) is 20.7 Å². The molecule has 0 aliphatic rings. The lowest BCUT2D eigenvalue weighted by molar-refractivity contribution is -0.138. The van der Waals surface area contributed by atoms with Crippen molar-refractivity contribution in [2.24, 2.45) is 5.73 Å². The SMILES string of the molecule is NC(Cc1ccc(OC(=O)c2ccc(O)cc2)cc1)C(=O)O. The average Bonchev–Trinajstić information content (AvgIpc) is 2.49. The summed E-state index contributed by atoms with van der Waals surface area (Å²) in [6, 6.07) is 11.2. The van der Waals surface area contributed by atoms with E-state index < -0.39 is 18.0 Å². The van der Waals surface area contributed by atoms with Crippen LogP contribution in [-0.2, 0) is 11.2 Å². The van der Waals surface area contributed by atoms with Crippen LogP contribution in [-0.4, -0.2) is 28.2 Å². The second-order valence-electron chi connectivity index (χ2n) is 4.73. The van der Waals surface area contributed by atoms with Crippen molar-refractivity contribution in [3.05, 3.63) is 59.7 Å². The summed E-state index contributed by atoms with van der Waals surface area (Å²) in [7, 11) is 0. The standard InChI is InChI=1S/C16H15NO5/c17-14(15(19)20)9-10-1-7-13(8-2-10)22-16(21)11-3-5-12(18)6-4-11/h1-8,14,18H,9,17H2,(H,19,20). The molecule has 2 aromatic rings. The minimum absolute atomic E-state index is 0.0654. The Labute approximate surface area is 126 Å². The van der Waals surface area contributed by atoms with Gasteiger partial charge in [-0.3, -0.25) is 4.79 Å². The monoisotopic (exact) mass is 301 g/mol. The molecule has 0 saturated carbocycles. The van der Waals surface area contributed by atoms with Gasteiger partial charge in [0, 0.05) is 0 Å². The number of aromatic hydroxyl groups is 1. The molecule has 0 amide bonds. The predicted molar refractivity (Wildman–Crippen MR) is 78.8 cm³/mol. The summed E-state index contributed by atoms with van der Waals surface area (Å²) >= 11 is 0. The molecule has 0 aromatic heterocycles. The summed E-state index contributed by atoms with van der Waals surface area (Å²) in [5.41, 5.74) is 6.50. The summed E-state index contributed by atoms with van der Waals surface area (Å²) in [5, 5.41) is 17.9. The van der Waals surface area contributed by atoms with Crippen molar-refractivity contribution in [2.45, 2.75) is 12.5 Å². The van der Waals surface area contributed by atoms with E-state index >= 15 is 0 Å². The molecule has 1 unspecified atom stereocenters. The largest absolute Gasteiger partial charge is 0.508 e. The van der Waals surface area contributed by atoms with E-state index in [2.05, 4.69) is 0 Å². The number of ether oxygens (including phenoxy) is 1. The van der Waals surface area contributed by atoms with Crippen LogP contribution in [0.2, 0.25) is 0 Å². The van der Waals surface area contributed by atoms with Crippen molar-refractivity contribution in [2.75, 3.05) is 0 Å². The first kappa shape index (κ1) is 15.5. The Morgan fingerprint density at radius 1 is 1.05 bits per heavy atom.